The van der Waals surface area contributed by atoms with E-state index in [1.165, 1.54) is 12.8 Å². The highest BCUT2D eigenvalue weighted by molar-refractivity contribution is 5.67. The number of aliphatic carboxylic acids is 1. The number of carboxylic acid groups (broad SMARTS) is 1. The van der Waals surface area contributed by atoms with E-state index in [1.807, 2.05) is 0 Å². The maximum Gasteiger partial charge on any atom is 0.308 e. The summed E-state index contributed by atoms with van der Waals surface area (Å²) in [6, 6.07) is 0. The van der Waals surface area contributed by atoms with Crippen molar-refractivity contribution >= 4 is 5.97 Å². The number of hydrogen-bond donors (Lipinski definition) is 1. The zero-order valence-electron chi connectivity index (χ0n) is 9.33. The molecule has 1 aliphatic rings. The Bertz CT molecular complexity index is 197. The number of ether oxygens (including phenoxy) is 2. The Balaban J connectivity index is 2.32. The van der Waals surface area contributed by atoms with Crippen LogP contribution in [-0.4, -0.2) is 30.1 Å². The topological polar surface area (TPSA) is 55.8 Å². The lowest BCUT2D eigenvalue weighted by atomic mass is 10.0. The summed E-state index contributed by atoms with van der Waals surface area (Å²) in [6.07, 6.45) is 5.10. The fourth-order valence-corrected chi connectivity index (χ4v) is 1.88. The van der Waals surface area contributed by atoms with Crippen molar-refractivity contribution in [1.82, 2.24) is 0 Å². The van der Waals surface area contributed by atoms with E-state index in [0.717, 1.165) is 12.8 Å². The summed E-state index contributed by atoms with van der Waals surface area (Å²) in [4.78, 5) is 10.7. The lowest BCUT2D eigenvalue weighted by Crippen LogP contribution is -2.33. The molecule has 15 heavy (non-hydrogen) atoms. The van der Waals surface area contributed by atoms with Crippen molar-refractivity contribution in [1.29, 1.82) is 0 Å². The molecule has 4 heteroatoms. The highest BCUT2D eigenvalue weighted by atomic mass is 16.7. The first-order valence-electron chi connectivity index (χ1n) is 5.68. The van der Waals surface area contributed by atoms with Gasteiger partial charge >= 0.3 is 5.97 Å². The van der Waals surface area contributed by atoms with Gasteiger partial charge < -0.3 is 14.6 Å². The lowest BCUT2D eigenvalue weighted by Gasteiger charge is -2.25. The zero-order valence-corrected chi connectivity index (χ0v) is 9.33. The Labute approximate surface area is 90.6 Å². The minimum atomic E-state index is -0.854. The molecular formula is C11H20O4. The smallest absolute Gasteiger partial charge is 0.308 e. The van der Waals surface area contributed by atoms with Gasteiger partial charge in [0.2, 0.25) is 0 Å². The second-order valence-corrected chi connectivity index (χ2v) is 3.99. The van der Waals surface area contributed by atoms with Crippen LogP contribution < -0.4 is 0 Å². The van der Waals surface area contributed by atoms with Gasteiger partial charge in [0.1, 0.15) is 0 Å². The highest BCUT2D eigenvalue weighted by Crippen LogP contribution is 2.29. The van der Waals surface area contributed by atoms with Crippen LogP contribution >= 0.6 is 0 Å². The van der Waals surface area contributed by atoms with Crippen LogP contribution in [0.2, 0.25) is 0 Å². The monoisotopic (exact) mass is 216 g/mol. The van der Waals surface area contributed by atoms with E-state index < -0.39 is 11.8 Å². The fraction of sp³-hybridized carbons (Fsp3) is 0.909. The predicted octanol–water partition coefficient (Wildman–Crippen LogP) is 2.17. The van der Waals surface area contributed by atoms with Gasteiger partial charge in [0.05, 0.1) is 19.6 Å². The summed E-state index contributed by atoms with van der Waals surface area (Å²) >= 11 is 0. The fourth-order valence-electron chi connectivity index (χ4n) is 1.88. The third-order valence-corrected chi connectivity index (χ3v) is 2.65. The van der Waals surface area contributed by atoms with Crippen LogP contribution in [0.15, 0.2) is 0 Å². The summed E-state index contributed by atoms with van der Waals surface area (Å²) in [5.41, 5.74) is 0. The van der Waals surface area contributed by atoms with Crippen molar-refractivity contribution in [2.45, 2.75) is 51.2 Å². The third-order valence-electron chi connectivity index (χ3n) is 2.65. The van der Waals surface area contributed by atoms with E-state index in [4.69, 9.17) is 14.6 Å². The molecule has 1 rings (SSSR count). The Hall–Kier alpha value is -0.610. The minimum absolute atomic E-state index is 0.0425. The summed E-state index contributed by atoms with van der Waals surface area (Å²) in [5, 5.41) is 8.78. The first kappa shape index (κ1) is 12.5. The van der Waals surface area contributed by atoms with Gasteiger partial charge in [-0.15, -0.1) is 0 Å². The van der Waals surface area contributed by atoms with Crippen LogP contribution in [0.25, 0.3) is 0 Å². The van der Waals surface area contributed by atoms with Gasteiger partial charge in [0, 0.05) is 6.42 Å². The van der Waals surface area contributed by atoms with Crippen molar-refractivity contribution in [3.8, 4) is 0 Å². The molecule has 88 valence electrons. The van der Waals surface area contributed by atoms with Gasteiger partial charge in [-0.1, -0.05) is 26.2 Å². The van der Waals surface area contributed by atoms with Crippen LogP contribution in [0, 0.1) is 0 Å². The molecule has 0 bridgehead atoms. The van der Waals surface area contributed by atoms with Crippen molar-refractivity contribution in [2.75, 3.05) is 13.2 Å². The molecule has 0 radical (unpaired) electrons. The minimum Gasteiger partial charge on any atom is -0.481 e. The van der Waals surface area contributed by atoms with E-state index in [1.54, 1.807) is 0 Å². The Morgan fingerprint density at radius 3 is 2.47 bits per heavy atom. The molecule has 1 N–H and O–H groups in total. The molecule has 0 saturated carbocycles. The van der Waals surface area contributed by atoms with Crippen LogP contribution in [0.4, 0.5) is 0 Å². The molecule has 0 amide bonds. The third kappa shape index (κ3) is 4.18. The van der Waals surface area contributed by atoms with E-state index in [-0.39, 0.29) is 6.42 Å². The van der Waals surface area contributed by atoms with E-state index in [2.05, 4.69) is 6.92 Å². The zero-order chi connectivity index (χ0) is 11.1. The van der Waals surface area contributed by atoms with Crippen molar-refractivity contribution in [2.24, 2.45) is 0 Å². The molecule has 0 unspecified atom stereocenters. The molecule has 0 aromatic carbocycles. The van der Waals surface area contributed by atoms with Crippen LogP contribution in [0.1, 0.15) is 45.4 Å². The van der Waals surface area contributed by atoms with Crippen molar-refractivity contribution < 1.29 is 19.4 Å². The first-order chi connectivity index (χ1) is 7.18. The lowest BCUT2D eigenvalue weighted by molar-refractivity contribution is -0.182. The number of unbranched alkanes of at least 4 members (excludes halogenated alkanes) is 3. The van der Waals surface area contributed by atoms with Gasteiger partial charge in [0.25, 0.3) is 0 Å². The van der Waals surface area contributed by atoms with Gasteiger partial charge in [-0.3, -0.25) is 4.79 Å². The average molecular weight is 216 g/mol. The highest BCUT2D eigenvalue weighted by Gasteiger charge is 2.38. The number of hydrogen-bond acceptors (Lipinski definition) is 3. The van der Waals surface area contributed by atoms with E-state index in [0.29, 0.717) is 19.6 Å². The second kappa shape index (κ2) is 6.08. The molecule has 1 fully saturated rings. The van der Waals surface area contributed by atoms with Gasteiger partial charge in [-0.25, -0.2) is 0 Å². The molecule has 0 aromatic heterocycles. The maximum absolute atomic E-state index is 10.7. The first-order valence-corrected chi connectivity index (χ1v) is 5.68. The number of rotatable bonds is 7. The van der Waals surface area contributed by atoms with Crippen molar-refractivity contribution in [3.63, 3.8) is 0 Å². The molecule has 4 nitrogen and oxygen atoms in total. The van der Waals surface area contributed by atoms with Gasteiger partial charge in [-0.05, 0) is 6.42 Å². The average Bonchev–Trinajstić information content (AvgIpc) is 2.61. The van der Waals surface area contributed by atoms with E-state index in [9.17, 15) is 4.79 Å². The second-order valence-electron chi connectivity index (χ2n) is 3.99. The molecule has 0 aliphatic carbocycles. The predicted molar refractivity (Wildman–Crippen MR) is 55.6 cm³/mol. The van der Waals surface area contributed by atoms with Crippen LogP contribution in [0.5, 0.6) is 0 Å². The van der Waals surface area contributed by atoms with Crippen LogP contribution in [-0.2, 0) is 14.3 Å². The Kier molecular flexibility index (Phi) is 5.05. The summed E-state index contributed by atoms with van der Waals surface area (Å²) < 4.78 is 10.9. The summed E-state index contributed by atoms with van der Waals surface area (Å²) in [5.74, 6) is -1.69. The standard InChI is InChI=1S/C11H20O4/c1-2-3-4-5-6-11(9-10(12)13)14-7-8-15-11/h2-9H2,1H3,(H,12,13). The maximum atomic E-state index is 10.7. The van der Waals surface area contributed by atoms with Gasteiger partial charge in [0.15, 0.2) is 5.79 Å². The molecule has 1 aliphatic heterocycles. The molecule has 0 atom stereocenters. The quantitative estimate of drug-likeness (QED) is 0.663. The molecule has 0 spiro atoms. The largest absolute Gasteiger partial charge is 0.481 e. The Morgan fingerprint density at radius 2 is 1.93 bits per heavy atom. The molecule has 0 aromatic rings. The number of carboxylic acids is 1. The van der Waals surface area contributed by atoms with Crippen molar-refractivity contribution in [3.05, 3.63) is 0 Å². The SMILES string of the molecule is CCCCCCC1(CC(=O)O)OCCO1. The summed E-state index contributed by atoms with van der Waals surface area (Å²) in [6.45, 7) is 3.18. The molecule has 1 heterocycles. The Morgan fingerprint density at radius 1 is 1.27 bits per heavy atom. The van der Waals surface area contributed by atoms with E-state index >= 15 is 0 Å². The number of carbonyl (C=O) groups is 1. The molecule has 1 saturated heterocycles. The normalized spacial score (nSPS) is 19.3. The molecular weight excluding hydrogens is 196 g/mol. The van der Waals surface area contributed by atoms with Gasteiger partial charge in [-0.2, -0.15) is 0 Å². The summed E-state index contributed by atoms with van der Waals surface area (Å²) in [7, 11) is 0. The van der Waals surface area contributed by atoms with Crippen LogP contribution in [0.3, 0.4) is 0 Å².